The number of rotatable bonds is 5. The molecule has 1 aliphatic rings. The van der Waals surface area contributed by atoms with Gasteiger partial charge in [0.1, 0.15) is 17.4 Å². The van der Waals surface area contributed by atoms with Gasteiger partial charge in [-0.1, -0.05) is 6.07 Å². The molecule has 0 radical (unpaired) electrons. The Hall–Kier alpha value is -2.42. The monoisotopic (exact) mass is 345 g/mol. The normalized spacial score (nSPS) is 20.2. The fraction of sp³-hybridized carbons (Fsp3) is 0.579. The van der Waals surface area contributed by atoms with Crippen molar-refractivity contribution in [3.8, 4) is 11.8 Å². The lowest BCUT2D eigenvalue weighted by Crippen LogP contribution is -2.42. The molecule has 1 saturated carbocycles. The van der Waals surface area contributed by atoms with E-state index in [-0.39, 0.29) is 18.7 Å². The molecule has 1 aliphatic carbocycles. The van der Waals surface area contributed by atoms with Gasteiger partial charge in [0, 0.05) is 23.8 Å². The highest BCUT2D eigenvalue weighted by Gasteiger charge is 2.24. The van der Waals surface area contributed by atoms with E-state index in [2.05, 4.69) is 10.6 Å². The summed E-state index contributed by atoms with van der Waals surface area (Å²) in [5.41, 5.74) is 0.514. The number of alkyl carbamates (subject to hydrolysis) is 1. The van der Waals surface area contributed by atoms with Crippen LogP contribution in [-0.4, -0.2) is 30.4 Å². The highest BCUT2D eigenvalue weighted by atomic mass is 16.6. The second kappa shape index (κ2) is 8.61. The van der Waals surface area contributed by atoms with Crippen LogP contribution in [0.3, 0.4) is 0 Å². The molecule has 0 atom stereocenters. The molecule has 0 heterocycles. The minimum absolute atomic E-state index is 0.0465. The molecule has 0 bridgehead atoms. The van der Waals surface area contributed by atoms with Crippen molar-refractivity contribution in [3.05, 3.63) is 24.3 Å². The van der Waals surface area contributed by atoms with Gasteiger partial charge in [-0.25, -0.2) is 4.79 Å². The molecule has 0 aliphatic heterocycles. The molecule has 1 aromatic carbocycles. The zero-order valence-corrected chi connectivity index (χ0v) is 15.2. The summed E-state index contributed by atoms with van der Waals surface area (Å²) < 4.78 is 10.6. The number of carbonyl (C=O) groups is 1. The number of nitriles is 1. The van der Waals surface area contributed by atoms with Gasteiger partial charge in [-0.2, -0.15) is 5.26 Å². The molecule has 6 heteroatoms. The quantitative estimate of drug-likeness (QED) is 0.847. The van der Waals surface area contributed by atoms with Crippen LogP contribution in [-0.2, 0) is 4.74 Å². The largest absolute Gasteiger partial charge is 0.479 e. The van der Waals surface area contributed by atoms with Gasteiger partial charge in [0.2, 0.25) is 0 Å². The molecule has 1 amide bonds. The molecule has 1 fully saturated rings. The maximum absolute atomic E-state index is 11.8. The molecule has 0 aromatic heterocycles. The van der Waals surface area contributed by atoms with Crippen molar-refractivity contribution in [2.75, 3.05) is 11.9 Å². The first-order valence-corrected chi connectivity index (χ1v) is 8.71. The number of hydrogen-bond acceptors (Lipinski definition) is 5. The van der Waals surface area contributed by atoms with Crippen LogP contribution in [0.25, 0.3) is 0 Å². The highest BCUT2D eigenvalue weighted by Crippen LogP contribution is 2.24. The van der Waals surface area contributed by atoms with Crippen LogP contribution in [0.2, 0.25) is 0 Å². The average Bonchev–Trinajstić information content (AvgIpc) is 2.53. The van der Waals surface area contributed by atoms with E-state index in [1.54, 1.807) is 0 Å². The molecule has 0 saturated heterocycles. The van der Waals surface area contributed by atoms with E-state index in [9.17, 15) is 4.79 Å². The van der Waals surface area contributed by atoms with E-state index in [0.29, 0.717) is 11.8 Å². The number of nitrogens with one attached hydrogen (secondary N) is 2. The van der Waals surface area contributed by atoms with Gasteiger partial charge in [0.25, 0.3) is 0 Å². The fourth-order valence-corrected chi connectivity index (χ4v) is 2.88. The van der Waals surface area contributed by atoms with Gasteiger partial charge < -0.3 is 20.1 Å². The molecule has 6 nitrogen and oxygen atoms in total. The Labute approximate surface area is 149 Å². The Morgan fingerprint density at radius 1 is 1.24 bits per heavy atom. The summed E-state index contributed by atoms with van der Waals surface area (Å²) in [5.74, 6) is 0.687. The zero-order valence-electron chi connectivity index (χ0n) is 15.2. The number of benzene rings is 1. The Balaban J connectivity index is 1.77. The van der Waals surface area contributed by atoms with E-state index < -0.39 is 5.60 Å². The molecular formula is C19H27N3O3. The van der Waals surface area contributed by atoms with E-state index in [4.69, 9.17) is 14.7 Å². The van der Waals surface area contributed by atoms with E-state index in [1.165, 1.54) is 0 Å². The minimum atomic E-state index is -0.471. The first kappa shape index (κ1) is 18.9. The fourth-order valence-electron chi connectivity index (χ4n) is 2.88. The van der Waals surface area contributed by atoms with Gasteiger partial charge >= 0.3 is 6.09 Å². The van der Waals surface area contributed by atoms with Crippen LogP contribution in [0.5, 0.6) is 5.75 Å². The van der Waals surface area contributed by atoms with Gasteiger partial charge in [-0.15, -0.1) is 0 Å². The van der Waals surface area contributed by atoms with Crippen LogP contribution < -0.4 is 15.4 Å². The zero-order chi connectivity index (χ0) is 18.3. The third kappa shape index (κ3) is 6.92. The van der Waals surface area contributed by atoms with Gasteiger partial charge in [-0.05, 0) is 58.6 Å². The second-order valence-electron chi connectivity index (χ2n) is 7.31. The van der Waals surface area contributed by atoms with Gasteiger partial charge in [-0.3, -0.25) is 0 Å². The summed E-state index contributed by atoms with van der Waals surface area (Å²) >= 11 is 0. The third-order valence-corrected chi connectivity index (χ3v) is 3.96. The Morgan fingerprint density at radius 2 is 1.92 bits per heavy atom. The maximum atomic E-state index is 11.8. The first-order chi connectivity index (χ1) is 11.9. The molecular weight excluding hydrogens is 318 g/mol. The smallest absolute Gasteiger partial charge is 0.407 e. The van der Waals surface area contributed by atoms with E-state index in [1.807, 2.05) is 51.1 Å². The average molecular weight is 345 g/mol. The summed E-state index contributed by atoms with van der Waals surface area (Å²) in [4.78, 5) is 11.8. The second-order valence-corrected chi connectivity index (χ2v) is 7.31. The minimum Gasteiger partial charge on any atom is -0.479 e. The topological polar surface area (TPSA) is 83.4 Å². The number of ether oxygens (including phenoxy) is 2. The van der Waals surface area contributed by atoms with Crippen LogP contribution >= 0.6 is 0 Å². The lowest BCUT2D eigenvalue weighted by Gasteiger charge is -2.31. The summed E-state index contributed by atoms with van der Waals surface area (Å²) in [6, 6.07) is 10.1. The maximum Gasteiger partial charge on any atom is 0.407 e. The molecule has 0 spiro atoms. The van der Waals surface area contributed by atoms with Crippen LogP contribution in [0.15, 0.2) is 24.3 Å². The molecule has 0 unspecified atom stereocenters. The van der Waals surface area contributed by atoms with Crippen molar-refractivity contribution in [1.82, 2.24) is 5.32 Å². The van der Waals surface area contributed by atoms with Gasteiger partial charge in [0.05, 0.1) is 0 Å². The van der Waals surface area contributed by atoms with Gasteiger partial charge in [0.15, 0.2) is 6.61 Å². The van der Waals surface area contributed by atoms with Crippen molar-refractivity contribution >= 4 is 11.8 Å². The first-order valence-electron chi connectivity index (χ1n) is 8.71. The molecule has 1 aromatic rings. The summed E-state index contributed by atoms with van der Waals surface area (Å²) in [5, 5.41) is 15.0. The van der Waals surface area contributed by atoms with Crippen LogP contribution in [0.1, 0.15) is 46.5 Å². The molecule has 2 rings (SSSR count). The van der Waals surface area contributed by atoms with Crippen molar-refractivity contribution in [2.45, 2.75) is 64.1 Å². The molecule has 25 heavy (non-hydrogen) atoms. The number of hydrogen-bond donors (Lipinski definition) is 2. The predicted molar refractivity (Wildman–Crippen MR) is 96.6 cm³/mol. The molecule has 136 valence electrons. The summed E-state index contributed by atoms with van der Waals surface area (Å²) in [7, 11) is 0. The number of carbonyl (C=O) groups excluding carboxylic acids is 1. The standard InChI is InChI=1S/C19H27N3O3/c1-19(2,3)25-18(23)22-15-9-7-14(8-10-15)21-16-5-4-6-17(13-16)24-12-11-20/h4-6,13-15,21H,7-10,12H2,1-3H3,(H,22,23). The molecule has 2 N–H and O–H groups in total. The lowest BCUT2D eigenvalue weighted by atomic mass is 9.91. The predicted octanol–water partition coefficient (Wildman–Crippen LogP) is 3.84. The third-order valence-electron chi connectivity index (χ3n) is 3.96. The van der Waals surface area contributed by atoms with E-state index >= 15 is 0 Å². The van der Waals surface area contributed by atoms with Crippen molar-refractivity contribution in [1.29, 1.82) is 5.26 Å². The summed E-state index contributed by atoms with van der Waals surface area (Å²) in [6.07, 6.45) is 3.45. The van der Waals surface area contributed by atoms with Crippen molar-refractivity contribution in [2.24, 2.45) is 0 Å². The Bertz CT molecular complexity index is 611. The Morgan fingerprint density at radius 3 is 2.56 bits per heavy atom. The SMILES string of the molecule is CC(C)(C)OC(=O)NC1CCC(Nc2cccc(OCC#N)c2)CC1. The summed E-state index contributed by atoms with van der Waals surface area (Å²) in [6.45, 7) is 5.64. The highest BCUT2D eigenvalue weighted by molar-refractivity contribution is 5.68. The number of anilines is 1. The van der Waals surface area contributed by atoms with Crippen LogP contribution in [0, 0.1) is 11.3 Å². The lowest BCUT2D eigenvalue weighted by molar-refractivity contribution is 0.0492. The number of amides is 1. The van der Waals surface area contributed by atoms with Crippen molar-refractivity contribution < 1.29 is 14.3 Å². The van der Waals surface area contributed by atoms with Crippen molar-refractivity contribution in [3.63, 3.8) is 0 Å². The van der Waals surface area contributed by atoms with Crippen LogP contribution in [0.4, 0.5) is 10.5 Å². The Kier molecular flexibility index (Phi) is 6.51. The van der Waals surface area contributed by atoms with E-state index in [0.717, 1.165) is 31.4 Å². The number of nitrogens with zero attached hydrogens (tertiary/aromatic N) is 1.